The summed E-state index contributed by atoms with van der Waals surface area (Å²) >= 11 is 0. The Labute approximate surface area is 189 Å². The Morgan fingerprint density at radius 3 is 2.38 bits per heavy atom. The third-order valence-corrected chi connectivity index (χ3v) is 5.33. The van der Waals surface area contributed by atoms with Gasteiger partial charge in [0.25, 0.3) is 0 Å². The van der Waals surface area contributed by atoms with E-state index in [1.165, 1.54) is 5.56 Å². The van der Waals surface area contributed by atoms with Gasteiger partial charge in [0.05, 0.1) is 12.2 Å². The number of carbonyl (C=O) groups is 1. The van der Waals surface area contributed by atoms with E-state index in [1.807, 2.05) is 37.3 Å². The van der Waals surface area contributed by atoms with Crippen molar-refractivity contribution in [3.05, 3.63) is 94.7 Å². The molecule has 4 rings (SSSR count). The van der Waals surface area contributed by atoms with E-state index in [-0.39, 0.29) is 11.2 Å². The second-order valence-corrected chi connectivity index (χ2v) is 8.84. The van der Waals surface area contributed by atoms with Crippen LogP contribution < -0.4 is 14.2 Å². The number of hydrogen-bond donors (Lipinski definition) is 0. The first-order valence-corrected chi connectivity index (χ1v) is 10.9. The van der Waals surface area contributed by atoms with Crippen molar-refractivity contribution in [2.24, 2.45) is 0 Å². The van der Waals surface area contributed by atoms with Gasteiger partial charge in [-0.3, -0.25) is 4.79 Å². The number of rotatable bonds is 6. The highest BCUT2D eigenvalue weighted by atomic mass is 16.5. The molecule has 4 heteroatoms. The van der Waals surface area contributed by atoms with Crippen LogP contribution in [0.4, 0.5) is 0 Å². The minimum absolute atomic E-state index is 0.124. The van der Waals surface area contributed by atoms with Gasteiger partial charge in [-0.25, -0.2) is 0 Å². The number of Topliss-reactive ketones (excluding diaryl/α,β-unsaturated/α-hetero) is 1. The van der Waals surface area contributed by atoms with Crippen molar-refractivity contribution in [1.29, 1.82) is 0 Å². The summed E-state index contributed by atoms with van der Waals surface area (Å²) in [6.07, 6.45) is 1.74. The molecule has 1 aliphatic rings. The third-order valence-electron chi connectivity index (χ3n) is 5.33. The Kier molecular flexibility index (Phi) is 6.04. The molecular formula is C28H28O4. The first kappa shape index (κ1) is 21.7. The largest absolute Gasteiger partial charge is 0.494 e. The van der Waals surface area contributed by atoms with Crippen molar-refractivity contribution in [1.82, 2.24) is 0 Å². The second-order valence-electron chi connectivity index (χ2n) is 8.84. The lowest BCUT2D eigenvalue weighted by molar-refractivity contribution is 0.101. The maximum atomic E-state index is 12.7. The Hall–Kier alpha value is -3.53. The van der Waals surface area contributed by atoms with Gasteiger partial charge in [-0.15, -0.1) is 0 Å². The van der Waals surface area contributed by atoms with Crippen LogP contribution in [0.25, 0.3) is 6.08 Å². The normalized spacial score (nSPS) is 14.2. The lowest BCUT2D eigenvalue weighted by atomic mass is 9.87. The minimum Gasteiger partial charge on any atom is -0.494 e. The van der Waals surface area contributed by atoms with Gasteiger partial charge in [0.15, 0.2) is 5.76 Å². The first-order chi connectivity index (χ1) is 15.3. The lowest BCUT2D eigenvalue weighted by Gasteiger charge is -2.19. The third kappa shape index (κ3) is 4.86. The van der Waals surface area contributed by atoms with Gasteiger partial charge in [0.2, 0.25) is 5.78 Å². The van der Waals surface area contributed by atoms with Gasteiger partial charge in [0, 0.05) is 6.07 Å². The number of carbonyl (C=O) groups excluding carboxylic acids is 1. The van der Waals surface area contributed by atoms with Crippen LogP contribution in [0.3, 0.4) is 0 Å². The van der Waals surface area contributed by atoms with Crippen LogP contribution in [0, 0.1) is 0 Å². The molecule has 0 saturated heterocycles. The van der Waals surface area contributed by atoms with E-state index < -0.39 is 0 Å². The summed E-state index contributed by atoms with van der Waals surface area (Å²) in [7, 11) is 0. The molecule has 3 aromatic rings. The molecule has 4 nitrogen and oxygen atoms in total. The quantitative estimate of drug-likeness (QED) is 0.416. The van der Waals surface area contributed by atoms with E-state index in [9.17, 15) is 4.79 Å². The van der Waals surface area contributed by atoms with Crippen molar-refractivity contribution in [3.63, 3.8) is 0 Å². The molecule has 0 saturated carbocycles. The molecule has 0 aliphatic carbocycles. The zero-order valence-corrected chi connectivity index (χ0v) is 19.0. The summed E-state index contributed by atoms with van der Waals surface area (Å²) < 4.78 is 17.3. The molecule has 0 N–H and O–H groups in total. The number of hydrogen-bond acceptors (Lipinski definition) is 4. The maximum Gasteiger partial charge on any atom is 0.231 e. The van der Waals surface area contributed by atoms with E-state index >= 15 is 0 Å². The number of ether oxygens (including phenoxy) is 3. The highest BCUT2D eigenvalue weighted by molar-refractivity contribution is 6.14. The zero-order valence-electron chi connectivity index (χ0n) is 19.0. The standard InChI is InChI=1S/C28H28O4/c1-5-30-22-8-6-7-20(15-22)16-26-27(29)24-14-13-23(17-25(24)32-26)31-18-19-9-11-21(12-10-19)28(2,3)4/h6-17H,5,18H2,1-4H3. The molecule has 0 unspecified atom stereocenters. The van der Waals surface area contributed by atoms with E-state index in [4.69, 9.17) is 14.2 Å². The summed E-state index contributed by atoms with van der Waals surface area (Å²) in [5.41, 5.74) is 3.89. The smallest absolute Gasteiger partial charge is 0.231 e. The fourth-order valence-corrected chi connectivity index (χ4v) is 3.54. The molecule has 3 aromatic carbocycles. The molecule has 1 aliphatic heterocycles. The SMILES string of the molecule is CCOc1cccc(C=C2Oc3cc(OCc4ccc(C(C)(C)C)cc4)ccc3C2=O)c1. The van der Waals surface area contributed by atoms with Crippen LogP contribution in [0.2, 0.25) is 0 Å². The predicted molar refractivity (Wildman–Crippen MR) is 126 cm³/mol. The van der Waals surface area contributed by atoms with Crippen LogP contribution in [0.5, 0.6) is 17.2 Å². The second kappa shape index (κ2) is 8.91. The molecule has 32 heavy (non-hydrogen) atoms. The van der Waals surface area contributed by atoms with Crippen LogP contribution in [-0.4, -0.2) is 12.4 Å². The van der Waals surface area contributed by atoms with Gasteiger partial charge in [0.1, 0.15) is 23.9 Å². The van der Waals surface area contributed by atoms with Crippen molar-refractivity contribution in [3.8, 4) is 17.2 Å². The highest BCUT2D eigenvalue weighted by Gasteiger charge is 2.27. The molecule has 0 aromatic heterocycles. The Morgan fingerprint density at radius 1 is 0.906 bits per heavy atom. The number of ketones is 1. The molecule has 164 valence electrons. The summed E-state index contributed by atoms with van der Waals surface area (Å²) in [6.45, 7) is 9.56. The van der Waals surface area contributed by atoms with Crippen LogP contribution in [-0.2, 0) is 12.0 Å². The number of fused-ring (bicyclic) bond motifs is 1. The number of benzene rings is 3. The van der Waals surface area contributed by atoms with Crippen molar-refractivity contribution < 1.29 is 19.0 Å². The minimum atomic E-state index is -0.133. The molecule has 1 heterocycles. The van der Waals surface area contributed by atoms with Crippen LogP contribution >= 0.6 is 0 Å². The monoisotopic (exact) mass is 428 g/mol. The van der Waals surface area contributed by atoms with Gasteiger partial charge in [-0.1, -0.05) is 57.2 Å². The molecule has 0 fully saturated rings. The predicted octanol–water partition coefficient (Wildman–Crippen LogP) is 6.58. The summed E-state index contributed by atoms with van der Waals surface area (Å²) in [4.78, 5) is 12.7. The van der Waals surface area contributed by atoms with Crippen molar-refractivity contribution in [2.45, 2.75) is 39.7 Å². The maximum absolute atomic E-state index is 12.7. The number of allylic oxidation sites excluding steroid dienone is 1. The van der Waals surface area contributed by atoms with Crippen molar-refractivity contribution >= 4 is 11.9 Å². The average molecular weight is 429 g/mol. The summed E-state index contributed by atoms with van der Waals surface area (Å²) in [5, 5.41) is 0. The van der Waals surface area contributed by atoms with Crippen LogP contribution in [0.1, 0.15) is 54.7 Å². The Morgan fingerprint density at radius 2 is 1.66 bits per heavy atom. The molecule has 0 spiro atoms. The van der Waals surface area contributed by atoms with Gasteiger partial charge >= 0.3 is 0 Å². The summed E-state index contributed by atoms with van der Waals surface area (Å²) in [5.74, 6) is 2.10. The molecule has 0 amide bonds. The molecular weight excluding hydrogens is 400 g/mol. The fraction of sp³-hybridized carbons (Fsp3) is 0.250. The Bertz CT molecular complexity index is 1150. The zero-order chi connectivity index (χ0) is 22.7. The average Bonchev–Trinajstić information content (AvgIpc) is 3.07. The lowest BCUT2D eigenvalue weighted by Crippen LogP contribution is -2.10. The topological polar surface area (TPSA) is 44.8 Å². The molecule has 0 radical (unpaired) electrons. The van der Waals surface area contributed by atoms with Gasteiger partial charge < -0.3 is 14.2 Å². The first-order valence-electron chi connectivity index (χ1n) is 10.9. The van der Waals surface area contributed by atoms with Gasteiger partial charge in [-0.05, 0) is 59.4 Å². The van der Waals surface area contributed by atoms with Gasteiger partial charge in [-0.2, -0.15) is 0 Å². The van der Waals surface area contributed by atoms with E-state index in [0.29, 0.717) is 36.0 Å². The fourth-order valence-electron chi connectivity index (χ4n) is 3.54. The highest BCUT2D eigenvalue weighted by Crippen LogP contribution is 2.35. The van der Waals surface area contributed by atoms with E-state index in [2.05, 4.69) is 45.0 Å². The van der Waals surface area contributed by atoms with Crippen molar-refractivity contribution in [2.75, 3.05) is 6.61 Å². The molecule has 0 bridgehead atoms. The van der Waals surface area contributed by atoms with Crippen LogP contribution in [0.15, 0.2) is 72.5 Å². The summed E-state index contributed by atoms with van der Waals surface area (Å²) in [6, 6.07) is 21.4. The van der Waals surface area contributed by atoms with E-state index in [1.54, 1.807) is 18.2 Å². The Balaban J connectivity index is 1.45. The van der Waals surface area contributed by atoms with E-state index in [0.717, 1.165) is 16.9 Å². The molecule has 0 atom stereocenters.